The van der Waals surface area contributed by atoms with E-state index in [1.807, 2.05) is 74.5 Å². The predicted octanol–water partition coefficient (Wildman–Crippen LogP) is 5.51. The minimum atomic E-state index is -0.708. The Morgan fingerprint density at radius 1 is 0.970 bits per heavy atom. The van der Waals surface area contributed by atoms with E-state index in [4.69, 9.17) is 4.42 Å². The second-order valence-electron chi connectivity index (χ2n) is 7.97. The Kier molecular flexibility index (Phi) is 7.10. The lowest BCUT2D eigenvalue weighted by Gasteiger charge is -2.21. The molecule has 0 saturated heterocycles. The zero-order valence-electron chi connectivity index (χ0n) is 18.4. The molecule has 4 aromatic rings. The molecule has 0 spiro atoms. The summed E-state index contributed by atoms with van der Waals surface area (Å²) in [6.07, 6.45) is 1.73. The second-order valence-corrected chi connectivity index (χ2v) is 8.96. The molecule has 6 nitrogen and oxygen atoms in total. The topological polar surface area (TPSA) is 84.2 Å². The van der Waals surface area contributed by atoms with Gasteiger partial charge in [0.2, 0.25) is 5.91 Å². The number of carbonyl (C=O) groups excluding carboxylic acids is 2. The molecule has 0 aliphatic carbocycles. The quantitative estimate of drug-likeness (QED) is 0.339. The fraction of sp³-hybridized carbons (Fsp3) is 0.192. The monoisotopic (exact) mass is 459 g/mol. The van der Waals surface area contributed by atoms with Gasteiger partial charge in [-0.2, -0.15) is 0 Å². The average Bonchev–Trinajstić information content (AvgIpc) is 3.30. The van der Waals surface area contributed by atoms with E-state index in [1.54, 1.807) is 18.3 Å². The second kappa shape index (κ2) is 10.4. The number of amides is 2. The zero-order chi connectivity index (χ0) is 23.2. The van der Waals surface area contributed by atoms with Crippen molar-refractivity contribution in [3.63, 3.8) is 0 Å². The summed E-state index contributed by atoms with van der Waals surface area (Å²) in [4.78, 5) is 30.0. The first kappa shape index (κ1) is 22.6. The van der Waals surface area contributed by atoms with E-state index in [9.17, 15) is 9.59 Å². The van der Waals surface area contributed by atoms with Crippen LogP contribution < -0.4 is 10.6 Å². The Balaban J connectivity index is 1.39. The van der Waals surface area contributed by atoms with E-state index in [0.717, 1.165) is 15.8 Å². The number of anilines is 1. The van der Waals surface area contributed by atoms with Gasteiger partial charge in [-0.3, -0.25) is 9.59 Å². The fourth-order valence-electron chi connectivity index (χ4n) is 3.39. The molecule has 4 rings (SSSR count). The highest BCUT2D eigenvalue weighted by atomic mass is 32.2. The molecule has 33 heavy (non-hydrogen) atoms. The third kappa shape index (κ3) is 5.81. The minimum Gasteiger partial charge on any atom is -0.455 e. The van der Waals surface area contributed by atoms with Crippen LogP contribution in [0.4, 0.5) is 5.69 Å². The van der Waals surface area contributed by atoms with E-state index in [0.29, 0.717) is 17.2 Å². The zero-order valence-corrected chi connectivity index (χ0v) is 19.3. The molecule has 1 unspecified atom stereocenters. The van der Waals surface area contributed by atoms with Crippen molar-refractivity contribution in [1.82, 2.24) is 10.3 Å². The van der Waals surface area contributed by atoms with E-state index < -0.39 is 11.9 Å². The smallest absolute Gasteiger partial charge is 0.287 e. The summed E-state index contributed by atoms with van der Waals surface area (Å²) in [6.45, 7) is 3.78. The van der Waals surface area contributed by atoms with E-state index in [2.05, 4.69) is 15.6 Å². The van der Waals surface area contributed by atoms with E-state index in [1.165, 1.54) is 11.8 Å². The molecular weight excluding hydrogens is 434 g/mol. The molecule has 2 aromatic heterocycles. The number of thioether (sulfide) groups is 1. The molecule has 0 saturated carbocycles. The number of nitrogens with one attached hydrogen (secondary N) is 2. The van der Waals surface area contributed by atoms with Crippen molar-refractivity contribution in [1.29, 1.82) is 0 Å². The SMILES string of the molecule is CC(C)C(NC(=O)c1ccc(CSc2ccccn2)o1)C(=O)Nc1ccc2ccccc2c1. The Morgan fingerprint density at radius 3 is 2.52 bits per heavy atom. The molecule has 1 atom stereocenters. The number of furan rings is 1. The summed E-state index contributed by atoms with van der Waals surface area (Å²) in [5.41, 5.74) is 0.686. The highest BCUT2D eigenvalue weighted by Gasteiger charge is 2.26. The molecule has 0 aliphatic rings. The lowest BCUT2D eigenvalue weighted by Crippen LogP contribution is -2.47. The number of nitrogens with zero attached hydrogens (tertiary/aromatic N) is 1. The Labute approximate surface area is 196 Å². The molecule has 0 aliphatic heterocycles. The third-order valence-electron chi connectivity index (χ3n) is 5.14. The van der Waals surface area contributed by atoms with Crippen LogP contribution in [0.5, 0.6) is 0 Å². The number of fused-ring (bicyclic) bond motifs is 1. The van der Waals surface area contributed by atoms with Crippen LogP contribution in [-0.2, 0) is 10.5 Å². The van der Waals surface area contributed by atoms with Crippen LogP contribution in [0.15, 0.2) is 88.4 Å². The number of aromatic nitrogens is 1. The van der Waals surface area contributed by atoms with Gasteiger partial charge in [-0.15, -0.1) is 0 Å². The normalized spacial score (nSPS) is 12.0. The van der Waals surface area contributed by atoms with Crippen molar-refractivity contribution in [2.24, 2.45) is 5.92 Å². The molecule has 0 bridgehead atoms. The first-order valence-corrected chi connectivity index (χ1v) is 11.7. The molecule has 2 aromatic carbocycles. The van der Waals surface area contributed by atoms with Gasteiger partial charge >= 0.3 is 0 Å². The van der Waals surface area contributed by atoms with Crippen molar-refractivity contribution in [2.75, 3.05) is 5.32 Å². The lowest BCUT2D eigenvalue weighted by molar-refractivity contribution is -0.118. The summed E-state index contributed by atoms with van der Waals surface area (Å²) in [5, 5.41) is 8.75. The van der Waals surface area contributed by atoms with Crippen molar-refractivity contribution >= 4 is 40.0 Å². The maximum atomic E-state index is 13.0. The highest BCUT2D eigenvalue weighted by Crippen LogP contribution is 2.22. The maximum absolute atomic E-state index is 13.0. The number of pyridine rings is 1. The molecule has 0 radical (unpaired) electrons. The third-order valence-corrected chi connectivity index (χ3v) is 6.10. The van der Waals surface area contributed by atoms with Gasteiger partial charge in [0.15, 0.2) is 5.76 Å². The van der Waals surface area contributed by atoms with Crippen molar-refractivity contribution in [3.8, 4) is 0 Å². The predicted molar refractivity (Wildman–Crippen MR) is 131 cm³/mol. The maximum Gasteiger partial charge on any atom is 0.287 e. The summed E-state index contributed by atoms with van der Waals surface area (Å²) < 4.78 is 5.70. The van der Waals surface area contributed by atoms with Crippen molar-refractivity contribution in [3.05, 3.63) is 90.5 Å². The van der Waals surface area contributed by atoms with Gasteiger partial charge in [0.05, 0.1) is 10.8 Å². The van der Waals surface area contributed by atoms with Crippen LogP contribution in [0.2, 0.25) is 0 Å². The molecule has 2 heterocycles. The van der Waals surface area contributed by atoms with Crippen LogP contribution in [0, 0.1) is 5.92 Å². The van der Waals surface area contributed by atoms with Gasteiger partial charge in [0.25, 0.3) is 5.91 Å². The van der Waals surface area contributed by atoms with Gasteiger partial charge in [0.1, 0.15) is 11.8 Å². The number of carbonyl (C=O) groups is 2. The van der Waals surface area contributed by atoms with Crippen LogP contribution in [0.1, 0.15) is 30.2 Å². The molecule has 0 fully saturated rings. The fourth-order valence-corrected chi connectivity index (χ4v) is 4.14. The van der Waals surface area contributed by atoms with Gasteiger partial charge in [-0.1, -0.05) is 62.0 Å². The van der Waals surface area contributed by atoms with Gasteiger partial charge < -0.3 is 15.1 Å². The number of hydrogen-bond acceptors (Lipinski definition) is 5. The highest BCUT2D eigenvalue weighted by molar-refractivity contribution is 7.98. The van der Waals surface area contributed by atoms with Crippen molar-refractivity contribution < 1.29 is 14.0 Å². The average molecular weight is 460 g/mol. The van der Waals surface area contributed by atoms with Gasteiger partial charge in [0, 0.05) is 11.9 Å². The van der Waals surface area contributed by atoms with Crippen LogP contribution in [0.3, 0.4) is 0 Å². The van der Waals surface area contributed by atoms with Gasteiger partial charge in [-0.05, 0) is 53.1 Å². The molecule has 168 valence electrons. The number of benzene rings is 2. The van der Waals surface area contributed by atoms with Crippen LogP contribution >= 0.6 is 11.8 Å². The molecule has 2 N–H and O–H groups in total. The molecular formula is C26H25N3O3S. The molecule has 2 amide bonds. The Morgan fingerprint density at radius 2 is 1.76 bits per heavy atom. The minimum absolute atomic E-state index is 0.108. The standard InChI is InChI=1S/C26H25N3O3S/c1-17(2)24(26(31)28-20-11-10-18-7-3-4-8-19(18)15-20)29-25(30)22-13-12-21(32-22)16-33-23-9-5-6-14-27-23/h3-15,17,24H,16H2,1-2H3,(H,28,31)(H,29,30). The summed E-state index contributed by atoms with van der Waals surface area (Å²) in [7, 11) is 0. The van der Waals surface area contributed by atoms with E-state index in [-0.39, 0.29) is 17.6 Å². The van der Waals surface area contributed by atoms with Gasteiger partial charge in [-0.25, -0.2) is 4.98 Å². The van der Waals surface area contributed by atoms with E-state index >= 15 is 0 Å². The van der Waals surface area contributed by atoms with Crippen LogP contribution in [-0.4, -0.2) is 22.8 Å². The summed E-state index contributed by atoms with van der Waals surface area (Å²) in [6, 6.07) is 22.1. The largest absolute Gasteiger partial charge is 0.455 e. The summed E-state index contributed by atoms with van der Waals surface area (Å²) in [5.74, 6) is 0.597. The first-order chi connectivity index (χ1) is 16.0. The van der Waals surface area contributed by atoms with Crippen LogP contribution in [0.25, 0.3) is 10.8 Å². The van der Waals surface area contributed by atoms with Crippen molar-refractivity contribution in [2.45, 2.75) is 30.7 Å². The molecule has 7 heteroatoms. The Hall–Kier alpha value is -3.58. The number of rotatable bonds is 8. The Bertz CT molecular complexity index is 1250. The lowest BCUT2D eigenvalue weighted by atomic mass is 10.0. The first-order valence-electron chi connectivity index (χ1n) is 10.7. The summed E-state index contributed by atoms with van der Waals surface area (Å²) >= 11 is 1.52. The number of hydrogen-bond donors (Lipinski definition) is 2.